The summed E-state index contributed by atoms with van der Waals surface area (Å²) in [6.45, 7) is 0. The molecule has 7 heteroatoms. The Morgan fingerprint density at radius 2 is 2.20 bits per heavy atom. The molecule has 0 bridgehead atoms. The van der Waals surface area contributed by atoms with E-state index in [1.54, 1.807) is 12.1 Å². The number of nitrogens with one attached hydrogen (secondary N) is 2. The van der Waals surface area contributed by atoms with Crippen LogP contribution in [0.1, 0.15) is 19.3 Å². The zero-order valence-electron chi connectivity index (χ0n) is 11.3. The SMILES string of the molecule is COc1ccc(NC(=O)N[C@H]2CCC[C@H]2C(N)=O)cn1. The summed E-state index contributed by atoms with van der Waals surface area (Å²) in [5, 5.41) is 5.44. The van der Waals surface area contributed by atoms with Gasteiger partial charge in [0.2, 0.25) is 11.8 Å². The molecule has 1 aliphatic rings. The van der Waals surface area contributed by atoms with Crippen LogP contribution in [0.5, 0.6) is 5.88 Å². The molecule has 1 fully saturated rings. The molecular weight excluding hydrogens is 260 g/mol. The van der Waals surface area contributed by atoms with E-state index < -0.39 is 0 Å². The first-order valence-electron chi connectivity index (χ1n) is 6.47. The van der Waals surface area contributed by atoms with Gasteiger partial charge in [-0.2, -0.15) is 0 Å². The Hall–Kier alpha value is -2.31. The van der Waals surface area contributed by atoms with Crippen LogP contribution < -0.4 is 21.1 Å². The Balaban J connectivity index is 1.90. The van der Waals surface area contributed by atoms with Crippen LogP contribution in [-0.2, 0) is 4.79 Å². The van der Waals surface area contributed by atoms with Crippen molar-refractivity contribution in [3.8, 4) is 5.88 Å². The van der Waals surface area contributed by atoms with Crippen molar-refractivity contribution in [1.29, 1.82) is 0 Å². The summed E-state index contributed by atoms with van der Waals surface area (Å²) in [6.07, 6.45) is 3.88. The van der Waals surface area contributed by atoms with E-state index >= 15 is 0 Å². The summed E-state index contributed by atoms with van der Waals surface area (Å²) in [6, 6.07) is 2.78. The molecular formula is C13H18N4O3. The van der Waals surface area contributed by atoms with Gasteiger partial charge in [0, 0.05) is 12.1 Å². The van der Waals surface area contributed by atoms with Crippen LogP contribution in [0.15, 0.2) is 18.3 Å². The number of primary amides is 1. The van der Waals surface area contributed by atoms with E-state index in [0.717, 1.165) is 19.3 Å². The molecule has 2 rings (SSSR count). The molecule has 0 radical (unpaired) electrons. The van der Waals surface area contributed by atoms with Crippen molar-refractivity contribution in [2.45, 2.75) is 25.3 Å². The van der Waals surface area contributed by atoms with Gasteiger partial charge < -0.3 is 21.1 Å². The lowest BCUT2D eigenvalue weighted by Gasteiger charge is -2.18. The molecule has 3 amide bonds. The van der Waals surface area contributed by atoms with Gasteiger partial charge in [-0.3, -0.25) is 4.79 Å². The number of nitrogens with two attached hydrogens (primary N) is 1. The summed E-state index contributed by atoms with van der Waals surface area (Å²) < 4.78 is 4.93. The van der Waals surface area contributed by atoms with Crippen molar-refractivity contribution < 1.29 is 14.3 Å². The summed E-state index contributed by atoms with van der Waals surface area (Å²) in [4.78, 5) is 27.1. The Morgan fingerprint density at radius 1 is 1.40 bits per heavy atom. The van der Waals surface area contributed by atoms with E-state index in [2.05, 4.69) is 15.6 Å². The lowest BCUT2D eigenvalue weighted by molar-refractivity contribution is -0.122. The monoisotopic (exact) mass is 278 g/mol. The van der Waals surface area contributed by atoms with Crippen molar-refractivity contribution >= 4 is 17.6 Å². The molecule has 0 aliphatic heterocycles. The first-order valence-corrected chi connectivity index (χ1v) is 6.47. The van der Waals surface area contributed by atoms with Gasteiger partial charge >= 0.3 is 6.03 Å². The summed E-state index contributed by atoms with van der Waals surface area (Å²) in [5.74, 6) is -0.172. The number of aromatic nitrogens is 1. The fourth-order valence-electron chi connectivity index (χ4n) is 2.38. The molecule has 1 aliphatic carbocycles. The number of ether oxygens (including phenoxy) is 1. The van der Waals surface area contributed by atoms with Crippen molar-refractivity contribution in [3.05, 3.63) is 18.3 Å². The molecule has 108 valence electrons. The number of amides is 3. The quantitative estimate of drug-likeness (QED) is 0.759. The van der Waals surface area contributed by atoms with Crippen molar-refractivity contribution in [3.63, 3.8) is 0 Å². The van der Waals surface area contributed by atoms with Gasteiger partial charge in [-0.15, -0.1) is 0 Å². The fraction of sp³-hybridized carbons (Fsp3) is 0.462. The maximum absolute atomic E-state index is 11.9. The summed E-state index contributed by atoms with van der Waals surface area (Å²) in [7, 11) is 1.52. The normalized spacial score (nSPS) is 21.2. The number of hydrogen-bond acceptors (Lipinski definition) is 4. The van der Waals surface area contributed by atoms with Crippen LogP contribution in [-0.4, -0.2) is 30.1 Å². The van der Waals surface area contributed by atoms with Gasteiger partial charge in [-0.25, -0.2) is 9.78 Å². The van der Waals surface area contributed by atoms with Gasteiger partial charge in [0.1, 0.15) is 0 Å². The average molecular weight is 278 g/mol. The van der Waals surface area contributed by atoms with Gasteiger partial charge in [-0.1, -0.05) is 6.42 Å². The third-order valence-corrected chi connectivity index (χ3v) is 3.40. The lowest BCUT2D eigenvalue weighted by Crippen LogP contribution is -2.44. The predicted molar refractivity (Wildman–Crippen MR) is 73.3 cm³/mol. The second-order valence-corrected chi connectivity index (χ2v) is 4.73. The minimum absolute atomic E-state index is 0.196. The molecule has 0 saturated heterocycles. The van der Waals surface area contributed by atoms with Gasteiger partial charge in [-0.05, 0) is 18.9 Å². The second kappa shape index (κ2) is 6.23. The Bertz CT molecular complexity index is 489. The van der Waals surface area contributed by atoms with E-state index in [1.807, 2.05) is 0 Å². The van der Waals surface area contributed by atoms with Crippen LogP contribution in [0.25, 0.3) is 0 Å². The fourth-order valence-corrected chi connectivity index (χ4v) is 2.38. The number of rotatable bonds is 4. The molecule has 1 aromatic rings. The first kappa shape index (κ1) is 14.1. The molecule has 0 spiro atoms. The highest BCUT2D eigenvalue weighted by molar-refractivity contribution is 5.90. The number of nitrogens with zero attached hydrogens (tertiary/aromatic N) is 1. The Kier molecular flexibility index (Phi) is 4.39. The predicted octanol–water partition coefficient (Wildman–Crippen LogP) is 0.866. The number of pyridine rings is 1. The van der Waals surface area contributed by atoms with Crippen LogP contribution in [0.2, 0.25) is 0 Å². The van der Waals surface area contributed by atoms with Crippen LogP contribution in [0, 0.1) is 5.92 Å². The Labute approximate surface area is 116 Å². The number of carbonyl (C=O) groups excluding carboxylic acids is 2. The molecule has 7 nitrogen and oxygen atoms in total. The summed E-state index contributed by atoms with van der Waals surface area (Å²) in [5.41, 5.74) is 5.87. The number of anilines is 1. The molecule has 1 heterocycles. The minimum Gasteiger partial charge on any atom is -0.481 e. The zero-order valence-corrected chi connectivity index (χ0v) is 11.3. The van der Waals surface area contributed by atoms with Gasteiger partial charge in [0.25, 0.3) is 0 Å². The van der Waals surface area contributed by atoms with Crippen molar-refractivity contribution in [1.82, 2.24) is 10.3 Å². The molecule has 2 atom stereocenters. The van der Waals surface area contributed by atoms with E-state index in [0.29, 0.717) is 11.6 Å². The lowest BCUT2D eigenvalue weighted by atomic mass is 10.0. The molecule has 1 saturated carbocycles. The van der Waals surface area contributed by atoms with E-state index in [1.165, 1.54) is 13.3 Å². The largest absolute Gasteiger partial charge is 0.481 e. The van der Waals surface area contributed by atoms with E-state index in [-0.39, 0.29) is 23.9 Å². The topological polar surface area (TPSA) is 106 Å². The Morgan fingerprint density at radius 3 is 2.80 bits per heavy atom. The number of carbonyl (C=O) groups is 2. The summed E-state index contributed by atoms with van der Waals surface area (Å²) >= 11 is 0. The highest BCUT2D eigenvalue weighted by Gasteiger charge is 2.32. The number of urea groups is 1. The third kappa shape index (κ3) is 3.37. The van der Waals surface area contributed by atoms with Crippen LogP contribution in [0.4, 0.5) is 10.5 Å². The smallest absolute Gasteiger partial charge is 0.319 e. The van der Waals surface area contributed by atoms with E-state index in [4.69, 9.17) is 10.5 Å². The highest BCUT2D eigenvalue weighted by Crippen LogP contribution is 2.25. The number of hydrogen-bond donors (Lipinski definition) is 3. The van der Waals surface area contributed by atoms with Gasteiger partial charge in [0.05, 0.1) is 24.9 Å². The van der Waals surface area contributed by atoms with Crippen molar-refractivity contribution in [2.24, 2.45) is 11.7 Å². The third-order valence-electron chi connectivity index (χ3n) is 3.40. The average Bonchev–Trinajstić information content (AvgIpc) is 2.87. The highest BCUT2D eigenvalue weighted by atomic mass is 16.5. The van der Waals surface area contributed by atoms with Crippen LogP contribution >= 0.6 is 0 Å². The van der Waals surface area contributed by atoms with Crippen LogP contribution in [0.3, 0.4) is 0 Å². The maximum atomic E-state index is 11.9. The zero-order chi connectivity index (χ0) is 14.5. The minimum atomic E-state index is -0.366. The second-order valence-electron chi connectivity index (χ2n) is 4.73. The van der Waals surface area contributed by atoms with Gasteiger partial charge in [0.15, 0.2) is 0 Å². The molecule has 0 unspecified atom stereocenters. The molecule has 20 heavy (non-hydrogen) atoms. The standard InChI is InChI=1S/C13H18N4O3/c1-20-11-6-5-8(7-15-11)16-13(19)17-10-4-2-3-9(10)12(14)18/h5-7,9-10H,2-4H2,1H3,(H2,14,18)(H2,16,17,19)/t9-,10+/m1/s1. The number of methoxy groups -OCH3 is 1. The van der Waals surface area contributed by atoms with E-state index in [9.17, 15) is 9.59 Å². The van der Waals surface area contributed by atoms with Crippen molar-refractivity contribution in [2.75, 3.05) is 12.4 Å². The molecule has 1 aromatic heterocycles. The first-order chi connectivity index (χ1) is 9.60. The maximum Gasteiger partial charge on any atom is 0.319 e. The molecule has 4 N–H and O–H groups in total. The molecule has 0 aromatic carbocycles.